The van der Waals surface area contributed by atoms with Crippen molar-refractivity contribution >= 4 is 41.7 Å². The molecule has 200 valence electrons. The summed E-state index contributed by atoms with van der Waals surface area (Å²) in [5.74, 6) is -0.292. The highest BCUT2D eigenvalue weighted by Crippen LogP contribution is 2.53. The normalized spacial score (nSPS) is 19.6. The number of hydrogen-bond donors (Lipinski definition) is 4. The van der Waals surface area contributed by atoms with Gasteiger partial charge in [0, 0.05) is 35.1 Å². The first-order chi connectivity index (χ1) is 18.5. The minimum atomic E-state index is -0.752. The summed E-state index contributed by atoms with van der Waals surface area (Å²) in [6, 6.07) is 13.1. The van der Waals surface area contributed by atoms with Crippen LogP contribution in [0.2, 0.25) is 5.02 Å². The van der Waals surface area contributed by atoms with Gasteiger partial charge in [-0.25, -0.2) is 4.39 Å². The lowest BCUT2D eigenvalue weighted by molar-refractivity contribution is 0.260. The maximum atomic E-state index is 13.9. The minimum Gasteiger partial charge on any atom is -0.378 e. The molecule has 2 saturated carbocycles. The number of hydrogen-bond acceptors (Lipinski definition) is 7. The molecule has 3 aliphatic rings. The van der Waals surface area contributed by atoms with Gasteiger partial charge < -0.3 is 16.1 Å². The van der Waals surface area contributed by atoms with E-state index in [1.807, 2.05) is 12.1 Å². The Labute approximate surface area is 234 Å². The largest absolute Gasteiger partial charge is 0.378 e. The number of rotatable bonds is 7. The molecule has 7 nitrogen and oxygen atoms in total. The fraction of sp³-hybridized carbons (Fsp3) is 0.379. The minimum absolute atomic E-state index is 0.0111. The maximum Gasteiger partial charge on any atom is 0.148 e. The molecule has 2 fully saturated rings. The second-order valence-electron chi connectivity index (χ2n) is 12.1. The number of anilines is 2. The fourth-order valence-corrected chi connectivity index (χ4v) is 5.74. The standard InChI is InChI=1S/C29H32BClFN7/c1-27(2,3)28(10-11-28)36-25-17(14-33)15-34-26-22(25)12-20(13-23(26)31)35-29(30,18-4-6-19(32)7-5-18)24-16-39(38-37-24)21-8-9-21/h4-7,12-13,15-16,21,35,37-38H,8-11,30H2,1-3H3,(H,34,36). The van der Waals surface area contributed by atoms with Gasteiger partial charge in [-0.3, -0.25) is 9.99 Å². The zero-order chi connectivity index (χ0) is 27.6. The highest BCUT2D eigenvalue weighted by molar-refractivity contribution is 6.36. The number of nitriles is 1. The van der Waals surface area contributed by atoms with E-state index in [9.17, 15) is 9.65 Å². The molecule has 0 spiro atoms. The Morgan fingerprint density at radius 3 is 2.54 bits per heavy atom. The van der Waals surface area contributed by atoms with E-state index in [1.165, 1.54) is 12.1 Å². The van der Waals surface area contributed by atoms with Crippen molar-refractivity contribution in [3.8, 4) is 6.07 Å². The number of benzene rings is 2. The Bertz CT molecular complexity index is 1520. The molecule has 2 aromatic carbocycles. The number of nitrogens with zero attached hydrogens (tertiary/aromatic N) is 3. The quantitative estimate of drug-likeness (QED) is 0.308. The number of fused-ring (bicyclic) bond motifs is 1. The first-order valence-corrected chi connectivity index (χ1v) is 13.8. The summed E-state index contributed by atoms with van der Waals surface area (Å²) in [4.78, 5) is 4.54. The van der Waals surface area contributed by atoms with Gasteiger partial charge in [0.25, 0.3) is 0 Å². The van der Waals surface area contributed by atoms with Crippen molar-refractivity contribution in [1.29, 1.82) is 5.26 Å². The summed E-state index contributed by atoms with van der Waals surface area (Å²) < 4.78 is 13.9. The van der Waals surface area contributed by atoms with Gasteiger partial charge in [0.2, 0.25) is 0 Å². The van der Waals surface area contributed by atoms with Crippen molar-refractivity contribution in [3.05, 3.63) is 76.5 Å². The first kappa shape index (κ1) is 25.8. The molecule has 39 heavy (non-hydrogen) atoms. The Morgan fingerprint density at radius 1 is 1.21 bits per heavy atom. The van der Waals surface area contributed by atoms with Crippen molar-refractivity contribution in [2.75, 3.05) is 10.6 Å². The summed E-state index contributed by atoms with van der Waals surface area (Å²) in [6.07, 6.45) is 8.00. The number of nitrogens with one attached hydrogen (secondary N) is 4. The van der Waals surface area contributed by atoms with Gasteiger partial charge in [-0.15, -0.1) is 5.53 Å². The monoisotopic (exact) mass is 543 g/mol. The third-order valence-electron chi connectivity index (χ3n) is 8.48. The molecule has 1 aliphatic heterocycles. The lowest BCUT2D eigenvalue weighted by atomic mass is 9.69. The van der Waals surface area contributed by atoms with Crippen molar-refractivity contribution in [3.63, 3.8) is 0 Å². The molecular weight excluding hydrogens is 512 g/mol. The second-order valence-corrected chi connectivity index (χ2v) is 12.6. The highest BCUT2D eigenvalue weighted by atomic mass is 35.5. The van der Waals surface area contributed by atoms with Gasteiger partial charge in [-0.2, -0.15) is 5.26 Å². The molecule has 0 bridgehead atoms. The average molecular weight is 544 g/mol. The molecule has 2 heterocycles. The van der Waals surface area contributed by atoms with Crippen LogP contribution in [0.1, 0.15) is 57.6 Å². The van der Waals surface area contributed by atoms with E-state index in [4.69, 9.17) is 11.6 Å². The average Bonchev–Trinajstić information content (AvgIpc) is 3.83. The van der Waals surface area contributed by atoms with E-state index < -0.39 is 5.44 Å². The molecule has 2 aliphatic carbocycles. The van der Waals surface area contributed by atoms with Crippen LogP contribution in [-0.2, 0) is 5.44 Å². The van der Waals surface area contributed by atoms with Gasteiger partial charge in [0.15, 0.2) is 0 Å². The Balaban J connectivity index is 1.45. The van der Waals surface area contributed by atoms with Crippen LogP contribution in [0.3, 0.4) is 0 Å². The molecule has 0 amide bonds. The van der Waals surface area contributed by atoms with Crippen molar-refractivity contribution in [2.45, 2.75) is 63.5 Å². The Hall–Kier alpha value is -3.48. The van der Waals surface area contributed by atoms with E-state index in [2.05, 4.69) is 72.5 Å². The molecule has 3 aromatic rings. The lowest BCUT2D eigenvalue weighted by Gasteiger charge is -2.35. The topological polar surface area (TPSA) is 88.0 Å². The number of pyridine rings is 1. The van der Waals surface area contributed by atoms with Crippen molar-refractivity contribution < 1.29 is 4.39 Å². The van der Waals surface area contributed by atoms with Crippen LogP contribution in [0.15, 0.2) is 54.5 Å². The van der Waals surface area contributed by atoms with Gasteiger partial charge >= 0.3 is 0 Å². The SMILES string of the molecule is BC(Nc1cc(Cl)c2ncc(C#N)c(NC3(C(C)(C)C)CC3)c2c1)(C1=CN(C2CC2)NN1)c1ccc(F)cc1. The van der Waals surface area contributed by atoms with Crippen LogP contribution in [0.5, 0.6) is 0 Å². The molecule has 6 rings (SSSR count). The third kappa shape index (κ3) is 4.56. The molecule has 1 unspecified atom stereocenters. The van der Waals surface area contributed by atoms with Crippen LogP contribution in [-0.4, -0.2) is 29.4 Å². The predicted octanol–water partition coefficient (Wildman–Crippen LogP) is 5.12. The zero-order valence-corrected chi connectivity index (χ0v) is 23.4. The van der Waals surface area contributed by atoms with E-state index in [1.54, 1.807) is 18.3 Å². The third-order valence-corrected chi connectivity index (χ3v) is 8.77. The van der Waals surface area contributed by atoms with Gasteiger partial charge in [-0.1, -0.05) is 44.5 Å². The molecule has 1 aromatic heterocycles. The van der Waals surface area contributed by atoms with Crippen LogP contribution in [0, 0.1) is 22.6 Å². The van der Waals surface area contributed by atoms with Gasteiger partial charge in [0.1, 0.15) is 19.7 Å². The lowest BCUT2D eigenvalue weighted by Crippen LogP contribution is -2.45. The maximum absolute atomic E-state index is 13.9. The number of halogens is 2. The molecule has 1 atom stereocenters. The Morgan fingerprint density at radius 2 is 1.92 bits per heavy atom. The summed E-state index contributed by atoms with van der Waals surface area (Å²) >= 11 is 6.82. The fourth-order valence-electron chi connectivity index (χ4n) is 5.48. The van der Waals surface area contributed by atoms with Crippen molar-refractivity contribution in [1.82, 2.24) is 21.0 Å². The van der Waals surface area contributed by atoms with Crippen LogP contribution in [0.25, 0.3) is 10.9 Å². The summed E-state index contributed by atoms with van der Waals surface area (Å²) in [5.41, 5.74) is 10.1. The van der Waals surface area contributed by atoms with Gasteiger partial charge in [0.05, 0.1) is 32.9 Å². The molecular formula is C29H32BClFN7. The molecule has 10 heteroatoms. The number of hydrazine groups is 2. The van der Waals surface area contributed by atoms with Crippen LogP contribution in [0.4, 0.5) is 15.8 Å². The van der Waals surface area contributed by atoms with Crippen molar-refractivity contribution in [2.24, 2.45) is 5.41 Å². The van der Waals surface area contributed by atoms with Crippen LogP contribution >= 0.6 is 11.6 Å². The second kappa shape index (κ2) is 9.04. The Kier molecular flexibility index (Phi) is 5.98. The van der Waals surface area contributed by atoms with E-state index in [-0.39, 0.29) is 16.8 Å². The van der Waals surface area contributed by atoms with Crippen LogP contribution < -0.4 is 21.6 Å². The number of aromatic nitrogens is 1. The zero-order valence-electron chi connectivity index (χ0n) is 22.6. The van der Waals surface area contributed by atoms with E-state index in [0.717, 1.165) is 53.7 Å². The summed E-state index contributed by atoms with van der Waals surface area (Å²) in [7, 11) is 2.05. The molecule has 0 saturated heterocycles. The highest BCUT2D eigenvalue weighted by Gasteiger charge is 2.52. The first-order valence-electron chi connectivity index (χ1n) is 13.4. The predicted molar refractivity (Wildman–Crippen MR) is 156 cm³/mol. The van der Waals surface area contributed by atoms with E-state index in [0.29, 0.717) is 22.1 Å². The molecule has 0 radical (unpaired) electrons. The smallest absolute Gasteiger partial charge is 0.148 e. The van der Waals surface area contributed by atoms with E-state index >= 15 is 0 Å². The summed E-state index contributed by atoms with van der Waals surface area (Å²) in [6.45, 7) is 6.66. The summed E-state index contributed by atoms with van der Waals surface area (Å²) in [5, 5.41) is 20.7. The molecule has 4 N–H and O–H groups in total. The van der Waals surface area contributed by atoms with Gasteiger partial charge in [-0.05, 0) is 60.9 Å².